The van der Waals surface area contributed by atoms with Crippen LogP contribution in [0.1, 0.15) is 16.7 Å². The van der Waals surface area contributed by atoms with Gasteiger partial charge < -0.3 is 19.9 Å². The highest BCUT2D eigenvalue weighted by atomic mass is 16.5. The van der Waals surface area contributed by atoms with E-state index in [1.165, 1.54) is 22.4 Å². The first-order chi connectivity index (χ1) is 12.5. The van der Waals surface area contributed by atoms with E-state index in [1.54, 1.807) is 0 Å². The average Bonchev–Trinajstić information content (AvgIpc) is 2.66. The molecule has 2 aromatic rings. The maximum Gasteiger partial charge on any atom is 0.320 e. The normalized spacial score (nSPS) is 14.3. The third-order valence-electron chi connectivity index (χ3n) is 4.97. The minimum Gasteiger partial charge on any atom is -0.473 e. The highest BCUT2D eigenvalue weighted by molar-refractivity contribution is 5.74. The van der Waals surface area contributed by atoms with E-state index in [0.29, 0.717) is 13.1 Å². The molecule has 1 fully saturated rings. The molecule has 1 N–H and O–H groups in total. The number of amides is 2. The predicted octanol–water partition coefficient (Wildman–Crippen LogP) is 3.48. The minimum atomic E-state index is -0.0716. The van der Waals surface area contributed by atoms with Crippen molar-refractivity contribution in [3.8, 4) is 5.75 Å². The van der Waals surface area contributed by atoms with Crippen LogP contribution in [0.2, 0.25) is 0 Å². The Morgan fingerprint density at radius 1 is 1.00 bits per heavy atom. The number of urea groups is 1. The Balaban J connectivity index is 1.46. The van der Waals surface area contributed by atoms with Gasteiger partial charge in [0.25, 0.3) is 0 Å². The summed E-state index contributed by atoms with van der Waals surface area (Å²) in [6.45, 7) is 9.62. The third kappa shape index (κ3) is 4.28. The number of carbonyl (C=O) groups excluding carboxylic acids is 1. The third-order valence-corrected chi connectivity index (χ3v) is 4.97. The van der Waals surface area contributed by atoms with Gasteiger partial charge in [0.05, 0.1) is 0 Å². The van der Waals surface area contributed by atoms with Crippen LogP contribution in [0.25, 0.3) is 0 Å². The van der Waals surface area contributed by atoms with Crippen molar-refractivity contribution in [3.63, 3.8) is 0 Å². The molecule has 0 atom stereocenters. The summed E-state index contributed by atoms with van der Waals surface area (Å²) in [6, 6.07) is 14.1. The molecule has 1 saturated heterocycles. The second kappa shape index (κ2) is 8.13. The van der Waals surface area contributed by atoms with Crippen molar-refractivity contribution in [2.75, 3.05) is 37.8 Å². The Morgan fingerprint density at radius 2 is 1.69 bits per heavy atom. The largest absolute Gasteiger partial charge is 0.473 e. The molecule has 26 heavy (non-hydrogen) atoms. The molecule has 1 aliphatic rings. The lowest BCUT2D eigenvalue weighted by molar-refractivity contribution is 0.181. The zero-order chi connectivity index (χ0) is 18.5. The standard InChI is InChI=1S/C21H27N3O2/c1-16-7-9-19(10-8-16)26-15-22-21(25)24-13-11-23(12-14-24)20-6-4-5-17(2)18(20)3/h4-10H,11-15H2,1-3H3,(H,22,25). The monoisotopic (exact) mass is 353 g/mol. The van der Waals surface area contributed by atoms with Gasteiger partial charge in [-0.1, -0.05) is 29.8 Å². The Hall–Kier alpha value is -2.69. The number of rotatable bonds is 4. The molecule has 0 aromatic heterocycles. The quantitative estimate of drug-likeness (QED) is 0.856. The van der Waals surface area contributed by atoms with Crippen LogP contribution >= 0.6 is 0 Å². The summed E-state index contributed by atoms with van der Waals surface area (Å²) in [5.41, 5.74) is 5.07. The Kier molecular flexibility index (Phi) is 5.66. The van der Waals surface area contributed by atoms with Crippen molar-refractivity contribution in [2.24, 2.45) is 0 Å². The number of carbonyl (C=O) groups is 1. The molecule has 1 heterocycles. The average molecular weight is 353 g/mol. The lowest BCUT2D eigenvalue weighted by atomic mass is 10.1. The lowest BCUT2D eigenvalue weighted by Crippen LogP contribution is -2.52. The molecule has 5 heteroatoms. The van der Waals surface area contributed by atoms with Crippen LogP contribution in [0.3, 0.4) is 0 Å². The van der Waals surface area contributed by atoms with Gasteiger partial charge in [0.1, 0.15) is 5.75 Å². The summed E-state index contributed by atoms with van der Waals surface area (Å²) >= 11 is 0. The van der Waals surface area contributed by atoms with Crippen LogP contribution < -0.4 is 15.0 Å². The molecule has 0 spiro atoms. The molecule has 0 aliphatic carbocycles. The zero-order valence-corrected chi connectivity index (χ0v) is 15.8. The second-order valence-electron chi connectivity index (χ2n) is 6.78. The van der Waals surface area contributed by atoms with Crippen molar-refractivity contribution >= 4 is 11.7 Å². The van der Waals surface area contributed by atoms with Crippen molar-refractivity contribution in [1.82, 2.24) is 10.2 Å². The molecular weight excluding hydrogens is 326 g/mol. The van der Waals surface area contributed by atoms with Gasteiger partial charge in [-0.05, 0) is 50.1 Å². The molecule has 0 unspecified atom stereocenters. The number of aryl methyl sites for hydroxylation is 2. The molecule has 1 aliphatic heterocycles. The summed E-state index contributed by atoms with van der Waals surface area (Å²) in [5, 5.41) is 2.84. The van der Waals surface area contributed by atoms with Crippen LogP contribution in [-0.2, 0) is 0 Å². The number of piperazine rings is 1. The highest BCUT2D eigenvalue weighted by Gasteiger charge is 2.22. The first-order valence-electron chi connectivity index (χ1n) is 9.08. The molecule has 2 aromatic carbocycles. The maximum absolute atomic E-state index is 12.3. The summed E-state index contributed by atoms with van der Waals surface area (Å²) in [4.78, 5) is 16.5. The molecule has 0 saturated carbocycles. The van der Waals surface area contributed by atoms with E-state index in [-0.39, 0.29) is 12.8 Å². The second-order valence-corrected chi connectivity index (χ2v) is 6.78. The molecule has 2 amide bonds. The number of hydrogen-bond donors (Lipinski definition) is 1. The van der Waals surface area contributed by atoms with Gasteiger partial charge in [-0.15, -0.1) is 0 Å². The Morgan fingerprint density at radius 3 is 2.38 bits per heavy atom. The first kappa shape index (κ1) is 18.1. The summed E-state index contributed by atoms with van der Waals surface area (Å²) in [5.74, 6) is 0.760. The van der Waals surface area contributed by atoms with Crippen LogP contribution in [0.4, 0.5) is 10.5 Å². The van der Waals surface area contributed by atoms with E-state index in [0.717, 1.165) is 18.8 Å². The van der Waals surface area contributed by atoms with Gasteiger partial charge in [-0.2, -0.15) is 0 Å². The van der Waals surface area contributed by atoms with Gasteiger partial charge in [-0.3, -0.25) is 0 Å². The fraction of sp³-hybridized carbons (Fsp3) is 0.381. The first-order valence-corrected chi connectivity index (χ1v) is 9.08. The van der Waals surface area contributed by atoms with Crippen molar-refractivity contribution in [2.45, 2.75) is 20.8 Å². The van der Waals surface area contributed by atoms with Crippen molar-refractivity contribution in [1.29, 1.82) is 0 Å². The van der Waals surface area contributed by atoms with Gasteiger partial charge in [0.2, 0.25) is 0 Å². The molecular formula is C21H27N3O2. The predicted molar refractivity (Wildman–Crippen MR) is 105 cm³/mol. The minimum absolute atomic E-state index is 0.0716. The van der Waals surface area contributed by atoms with E-state index in [2.05, 4.69) is 42.3 Å². The smallest absolute Gasteiger partial charge is 0.320 e. The number of hydrogen-bond acceptors (Lipinski definition) is 3. The maximum atomic E-state index is 12.3. The fourth-order valence-electron chi connectivity index (χ4n) is 3.16. The topological polar surface area (TPSA) is 44.8 Å². The zero-order valence-electron chi connectivity index (χ0n) is 15.8. The Bertz CT molecular complexity index is 750. The number of ether oxygens (including phenoxy) is 1. The molecule has 138 valence electrons. The molecule has 3 rings (SSSR count). The van der Waals surface area contributed by atoms with E-state index in [9.17, 15) is 4.79 Å². The van der Waals surface area contributed by atoms with E-state index >= 15 is 0 Å². The molecule has 5 nitrogen and oxygen atoms in total. The summed E-state index contributed by atoms with van der Waals surface area (Å²) < 4.78 is 5.57. The van der Waals surface area contributed by atoms with E-state index < -0.39 is 0 Å². The fourth-order valence-corrected chi connectivity index (χ4v) is 3.16. The number of benzene rings is 2. The van der Waals surface area contributed by atoms with E-state index in [1.807, 2.05) is 36.1 Å². The summed E-state index contributed by atoms with van der Waals surface area (Å²) in [6.07, 6.45) is 0. The van der Waals surface area contributed by atoms with Gasteiger partial charge in [0.15, 0.2) is 6.73 Å². The molecule has 0 bridgehead atoms. The highest BCUT2D eigenvalue weighted by Crippen LogP contribution is 2.23. The lowest BCUT2D eigenvalue weighted by Gasteiger charge is -2.37. The van der Waals surface area contributed by atoms with Crippen LogP contribution in [0.5, 0.6) is 5.75 Å². The van der Waals surface area contributed by atoms with Gasteiger partial charge in [0, 0.05) is 31.9 Å². The van der Waals surface area contributed by atoms with Gasteiger partial charge >= 0.3 is 6.03 Å². The summed E-state index contributed by atoms with van der Waals surface area (Å²) in [7, 11) is 0. The van der Waals surface area contributed by atoms with Gasteiger partial charge in [-0.25, -0.2) is 4.79 Å². The number of nitrogens with zero attached hydrogens (tertiary/aromatic N) is 2. The SMILES string of the molecule is Cc1ccc(OCNC(=O)N2CCN(c3cccc(C)c3C)CC2)cc1. The number of anilines is 1. The molecule has 0 radical (unpaired) electrons. The van der Waals surface area contributed by atoms with Crippen molar-refractivity contribution < 1.29 is 9.53 Å². The van der Waals surface area contributed by atoms with Crippen LogP contribution in [0.15, 0.2) is 42.5 Å². The van der Waals surface area contributed by atoms with E-state index in [4.69, 9.17) is 4.74 Å². The van der Waals surface area contributed by atoms with Crippen LogP contribution in [0, 0.1) is 20.8 Å². The van der Waals surface area contributed by atoms with Crippen molar-refractivity contribution in [3.05, 3.63) is 59.2 Å². The van der Waals surface area contributed by atoms with Crippen LogP contribution in [-0.4, -0.2) is 43.8 Å². The number of nitrogens with one attached hydrogen (secondary N) is 1. The Labute approximate surface area is 155 Å².